The number of hydrogen-bond donors (Lipinski definition) is 1. The molecule has 7 nitrogen and oxygen atoms in total. The molecule has 0 bridgehead atoms. The highest BCUT2D eigenvalue weighted by Crippen LogP contribution is 2.26. The van der Waals surface area contributed by atoms with Crippen LogP contribution in [0.4, 0.5) is 0 Å². The lowest BCUT2D eigenvalue weighted by atomic mass is 10.2. The third kappa shape index (κ3) is 3.95. The summed E-state index contributed by atoms with van der Waals surface area (Å²) >= 11 is 6.01. The Hall–Kier alpha value is -3.71. The number of halogens is 1. The van der Waals surface area contributed by atoms with Gasteiger partial charge in [-0.05, 0) is 54.6 Å². The van der Waals surface area contributed by atoms with Crippen molar-refractivity contribution in [2.75, 3.05) is 7.11 Å². The number of rotatable bonds is 5. The van der Waals surface area contributed by atoms with Gasteiger partial charge in [0.25, 0.3) is 0 Å². The summed E-state index contributed by atoms with van der Waals surface area (Å²) in [6.07, 6.45) is 4.88. The Bertz CT molecular complexity index is 1160. The molecule has 2 heterocycles. The summed E-state index contributed by atoms with van der Waals surface area (Å²) in [6.45, 7) is 0. The first-order valence-electron chi connectivity index (χ1n) is 8.69. The fourth-order valence-electron chi connectivity index (χ4n) is 2.73. The number of pyridine rings is 1. The van der Waals surface area contributed by atoms with E-state index in [1.807, 2.05) is 24.3 Å². The number of hydrogen-bond acceptors (Lipinski definition) is 6. The summed E-state index contributed by atoms with van der Waals surface area (Å²) in [7, 11) is 1.56. The maximum Gasteiger partial charge on any atom is 0.185 e. The van der Waals surface area contributed by atoms with Crippen LogP contribution in [0.15, 0.2) is 72.1 Å². The molecule has 4 rings (SSSR count). The van der Waals surface area contributed by atoms with E-state index in [4.69, 9.17) is 16.3 Å². The van der Waals surface area contributed by atoms with Gasteiger partial charge in [0, 0.05) is 34.1 Å². The van der Waals surface area contributed by atoms with Gasteiger partial charge in [-0.2, -0.15) is 9.78 Å². The molecule has 2 aromatic carbocycles. The van der Waals surface area contributed by atoms with Crippen molar-refractivity contribution in [3.05, 3.63) is 77.6 Å². The second-order valence-corrected chi connectivity index (χ2v) is 6.51. The molecule has 0 radical (unpaired) electrons. The first kappa shape index (κ1) is 18.6. The van der Waals surface area contributed by atoms with Crippen LogP contribution in [0.5, 0.6) is 11.5 Å². The summed E-state index contributed by atoms with van der Waals surface area (Å²) in [4.78, 5) is 4.04. The summed E-state index contributed by atoms with van der Waals surface area (Å²) in [5.74, 6) is 1.77. The van der Waals surface area contributed by atoms with Crippen molar-refractivity contribution in [3.8, 4) is 34.3 Å². The lowest BCUT2D eigenvalue weighted by Gasteiger charge is -2.06. The molecule has 0 aliphatic heterocycles. The van der Waals surface area contributed by atoms with Crippen molar-refractivity contribution in [2.45, 2.75) is 0 Å². The molecule has 2 aromatic heterocycles. The molecule has 0 atom stereocenters. The second kappa shape index (κ2) is 8.12. The maximum atomic E-state index is 10.2. The van der Waals surface area contributed by atoms with Crippen LogP contribution in [0.3, 0.4) is 0 Å². The van der Waals surface area contributed by atoms with Gasteiger partial charge >= 0.3 is 0 Å². The number of phenols is 1. The lowest BCUT2D eigenvalue weighted by molar-refractivity contribution is 0.412. The molecule has 0 unspecified atom stereocenters. The van der Waals surface area contributed by atoms with Crippen molar-refractivity contribution in [1.82, 2.24) is 19.9 Å². The van der Waals surface area contributed by atoms with E-state index >= 15 is 0 Å². The molecule has 0 aliphatic carbocycles. The van der Waals surface area contributed by atoms with Gasteiger partial charge in [0.15, 0.2) is 11.6 Å². The zero-order valence-corrected chi connectivity index (χ0v) is 16.2. The van der Waals surface area contributed by atoms with Crippen molar-refractivity contribution in [2.24, 2.45) is 5.10 Å². The number of nitrogens with zero attached hydrogens (tertiary/aromatic N) is 5. The number of methoxy groups -OCH3 is 1. The largest absolute Gasteiger partial charge is 0.507 e. The van der Waals surface area contributed by atoms with Gasteiger partial charge in [-0.15, -0.1) is 10.2 Å². The molecule has 0 saturated carbocycles. The minimum atomic E-state index is 0.0844. The smallest absolute Gasteiger partial charge is 0.185 e. The van der Waals surface area contributed by atoms with E-state index < -0.39 is 0 Å². The average Bonchev–Trinajstić information content (AvgIpc) is 3.18. The molecule has 8 heteroatoms. The molecule has 4 aromatic rings. The standard InChI is InChI=1S/C21H16ClN5O2/c1-29-18-6-7-19(28)16(12-18)13-24-27-20(14-2-4-17(22)5-3-14)25-26-21(27)15-8-10-23-11-9-15/h2-13,28H,1H3/b24-13+. The molecule has 0 aliphatic rings. The van der Waals surface area contributed by atoms with E-state index in [1.165, 1.54) is 6.21 Å². The molecule has 0 saturated heterocycles. The fraction of sp³-hybridized carbons (Fsp3) is 0.0476. The Labute approximate surface area is 171 Å². The third-order valence-corrected chi connectivity index (χ3v) is 4.48. The molecule has 0 fully saturated rings. The summed E-state index contributed by atoms with van der Waals surface area (Å²) < 4.78 is 6.83. The SMILES string of the molecule is COc1ccc(O)c(/C=N/n2c(-c3ccncc3)nnc2-c2ccc(Cl)cc2)c1. The van der Waals surface area contributed by atoms with Gasteiger partial charge < -0.3 is 9.84 Å². The molecular weight excluding hydrogens is 390 g/mol. The van der Waals surface area contributed by atoms with Crippen LogP contribution in [0.2, 0.25) is 5.02 Å². The molecular formula is C21H16ClN5O2. The van der Waals surface area contributed by atoms with Gasteiger partial charge in [0.2, 0.25) is 0 Å². The minimum absolute atomic E-state index is 0.0844. The first-order chi connectivity index (χ1) is 14.2. The number of aromatic hydroxyl groups is 1. The van der Waals surface area contributed by atoms with Crippen LogP contribution in [0, 0.1) is 0 Å². The Morgan fingerprint density at radius 1 is 0.966 bits per heavy atom. The number of aromatic nitrogens is 4. The number of phenolic OH excluding ortho intramolecular Hbond substituents is 1. The molecule has 144 valence electrons. The molecule has 29 heavy (non-hydrogen) atoms. The van der Waals surface area contributed by atoms with E-state index in [1.54, 1.807) is 54.5 Å². The van der Waals surface area contributed by atoms with Gasteiger partial charge in [0.1, 0.15) is 11.5 Å². The Balaban J connectivity index is 1.83. The summed E-state index contributed by atoms with van der Waals surface area (Å²) in [6, 6.07) is 15.8. The molecule has 0 amide bonds. The van der Waals surface area contributed by atoms with Gasteiger partial charge in [-0.1, -0.05) is 11.6 Å². The fourth-order valence-corrected chi connectivity index (χ4v) is 2.86. The van der Waals surface area contributed by atoms with Crippen LogP contribution in [-0.2, 0) is 0 Å². The van der Waals surface area contributed by atoms with E-state index in [2.05, 4.69) is 20.3 Å². The predicted molar refractivity (Wildman–Crippen MR) is 111 cm³/mol. The highest BCUT2D eigenvalue weighted by molar-refractivity contribution is 6.30. The van der Waals surface area contributed by atoms with Gasteiger partial charge in [0.05, 0.1) is 13.3 Å². The molecule has 1 N–H and O–H groups in total. The van der Waals surface area contributed by atoms with Crippen LogP contribution in [0.1, 0.15) is 5.56 Å². The quantitative estimate of drug-likeness (QED) is 0.501. The number of benzene rings is 2. The lowest BCUT2D eigenvalue weighted by Crippen LogP contribution is -1.98. The van der Waals surface area contributed by atoms with Crippen molar-refractivity contribution >= 4 is 17.8 Å². The van der Waals surface area contributed by atoms with E-state index in [0.29, 0.717) is 28.0 Å². The minimum Gasteiger partial charge on any atom is -0.507 e. The van der Waals surface area contributed by atoms with E-state index in [-0.39, 0.29) is 5.75 Å². The third-order valence-electron chi connectivity index (χ3n) is 4.23. The van der Waals surface area contributed by atoms with E-state index in [0.717, 1.165) is 11.1 Å². The normalized spacial score (nSPS) is 11.1. The van der Waals surface area contributed by atoms with Crippen LogP contribution < -0.4 is 4.74 Å². The van der Waals surface area contributed by atoms with E-state index in [9.17, 15) is 5.11 Å². The summed E-state index contributed by atoms with van der Waals surface area (Å²) in [5.41, 5.74) is 2.11. The first-order valence-corrected chi connectivity index (χ1v) is 9.06. The van der Waals surface area contributed by atoms with Gasteiger partial charge in [-0.25, -0.2) is 0 Å². The summed E-state index contributed by atoms with van der Waals surface area (Å²) in [5, 5.41) is 23.9. The van der Waals surface area contributed by atoms with Crippen molar-refractivity contribution in [3.63, 3.8) is 0 Å². The highest BCUT2D eigenvalue weighted by Gasteiger charge is 2.15. The van der Waals surface area contributed by atoms with Crippen LogP contribution in [0.25, 0.3) is 22.8 Å². The highest BCUT2D eigenvalue weighted by atomic mass is 35.5. The predicted octanol–water partition coefficient (Wildman–Crippen LogP) is 4.26. The van der Waals surface area contributed by atoms with Crippen LogP contribution in [-0.4, -0.2) is 38.3 Å². The number of ether oxygens (including phenoxy) is 1. The van der Waals surface area contributed by atoms with Crippen molar-refractivity contribution < 1.29 is 9.84 Å². The Morgan fingerprint density at radius 3 is 2.28 bits per heavy atom. The Morgan fingerprint density at radius 2 is 1.62 bits per heavy atom. The monoisotopic (exact) mass is 405 g/mol. The average molecular weight is 406 g/mol. The van der Waals surface area contributed by atoms with Crippen LogP contribution >= 0.6 is 11.6 Å². The maximum absolute atomic E-state index is 10.2. The zero-order chi connectivity index (χ0) is 20.2. The van der Waals surface area contributed by atoms with Gasteiger partial charge in [-0.3, -0.25) is 4.98 Å². The van der Waals surface area contributed by atoms with Crippen molar-refractivity contribution in [1.29, 1.82) is 0 Å². The topological polar surface area (TPSA) is 85.4 Å². The zero-order valence-electron chi connectivity index (χ0n) is 15.4. The molecule has 0 spiro atoms. The second-order valence-electron chi connectivity index (χ2n) is 6.07. The Kier molecular flexibility index (Phi) is 5.22.